The maximum atomic E-state index is 5.91. The molecule has 0 aromatic carbocycles. The molecule has 0 aliphatic carbocycles. The summed E-state index contributed by atoms with van der Waals surface area (Å²) in [7, 11) is 2.07. The number of pyridine rings is 1. The van der Waals surface area contributed by atoms with Gasteiger partial charge in [0.1, 0.15) is 19.8 Å². The van der Waals surface area contributed by atoms with Gasteiger partial charge in [0.05, 0.1) is 0 Å². The standard InChI is InChI=1S/C22H34N6O3/c1-17(2)27(4)12-13-30-21-19(6-5-7-25-21)29-14-15-31-22-20(24-8-9-26-22)28-11-10-23-16-18(28)3/h5-9,17-18,23H,10-16H2,1-4H3/t18-/m1/s1. The highest BCUT2D eigenvalue weighted by Gasteiger charge is 2.23. The Labute approximate surface area is 184 Å². The molecule has 0 spiro atoms. The molecule has 1 atom stereocenters. The van der Waals surface area contributed by atoms with Gasteiger partial charge in [0.2, 0.25) is 0 Å². The van der Waals surface area contributed by atoms with Crippen molar-refractivity contribution in [1.29, 1.82) is 0 Å². The lowest BCUT2D eigenvalue weighted by Crippen LogP contribution is -2.50. The van der Waals surface area contributed by atoms with Gasteiger partial charge in [-0.25, -0.2) is 15.0 Å². The van der Waals surface area contributed by atoms with E-state index in [1.54, 1.807) is 18.6 Å². The molecule has 170 valence electrons. The van der Waals surface area contributed by atoms with Gasteiger partial charge in [-0.2, -0.15) is 0 Å². The quantitative estimate of drug-likeness (QED) is 0.537. The smallest absolute Gasteiger partial charge is 0.257 e. The Morgan fingerprint density at radius 3 is 2.61 bits per heavy atom. The Morgan fingerprint density at radius 2 is 1.81 bits per heavy atom. The third-order valence-corrected chi connectivity index (χ3v) is 5.30. The molecule has 0 unspecified atom stereocenters. The zero-order valence-corrected chi connectivity index (χ0v) is 19.0. The lowest BCUT2D eigenvalue weighted by Gasteiger charge is -2.35. The van der Waals surface area contributed by atoms with Gasteiger partial charge >= 0.3 is 0 Å². The molecule has 2 aromatic rings. The number of aromatic nitrogens is 3. The van der Waals surface area contributed by atoms with Gasteiger partial charge in [0, 0.05) is 56.9 Å². The molecule has 9 nitrogen and oxygen atoms in total. The van der Waals surface area contributed by atoms with E-state index in [1.807, 2.05) is 12.1 Å². The number of nitrogens with one attached hydrogen (secondary N) is 1. The summed E-state index contributed by atoms with van der Waals surface area (Å²) in [5.41, 5.74) is 0. The van der Waals surface area contributed by atoms with Crippen molar-refractivity contribution in [3.63, 3.8) is 0 Å². The molecule has 1 fully saturated rings. The largest absolute Gasteiger partial charge is 0.484 e. The molecule has 0 radical (unpaired) electrons. The summed E-state index contributed by atoms with van der Waals surface area (Å²) in [6.45, 7) is 11.2. The molecule has 1 aliphatic rings. The van der Waals surface area contributed by atoms with Gasteiger partial charge in [0.25, 0.3) is 11.8 Å². The van der Waals surface area contributed by atoms with Crippen molar-refractivity contribution in [2.45, 2.75) is 32.9 Å². The molecule has 0 bridgehead atoms. The van der Waals surface area contributed by atoms with E-state index in [9.17, 15) is 0 Å². The van der Waals surface area contributed by atoms with Crippen LogP contribution in [0.4, 0.5) is 5.82 Å². The van der Waals surface area contributed by atoms with Gasteiger partial charge in [-0.1, -0.05) is 0 Å². The molecular formula is C22H34N6O3. The number of anilines is 1. The molecule has 31 heavy (non-hydrogen) atoms. The van der Waals surface area contributed by atoms with Crippen molar-refractivity contribution in [3.05, 3.63) is 30.7 Å². The number of ether oxygens (including phenoxy) is 3. The van der Waals surface area contributed by atoms with Crippen LogP contribution < -0.4 is 24.4 Å². The minimum Gasteiger partial charge on any atom is -0.484 e. The van der Waals surface area contributed by atoms with Gasteiger partial charge in [-0.15, -0.1) is 0 Å². The third kappa shape index (κ3) is 6.67. The van der Waals surface area contributed by atoms with Crippen molar-refractivity contribution in [2.75, 3.05) is 57.9 Å². The first-order valence-electron chi connectivity index (χ1n) is 10.9. The SMILES string of the molecule is CC(C)N(C)CCOc1ncccc1OCCOc1nccnc1N1CCNC[C@H]1C. The number of likely N-dealkylation sites (N-methyl/N-ethyl adjacent to an activating group) is 1. The van der Waals surface area contributed by atoms with Gasteiger partial charge in [-0.05, 0) is 40.0 Å². The van der Waals surface area contributed by atoms with Crippen LogP contribution in [0.5, 0.6) is 17.5 Å². The van der Waals surface area contributed by atoms with E-state index >= 15 is 0 Å². The Hall–Kier alpha value is -2.65. The highest BCUT2D eigenvalue weighted by atomic mass is 16.5. The van der Waals surface area contributed by atoms with E-state index in [4.69, 9.17) is 14.2 Å². The summed E-state index contributed by atoms with van der Waals surface area (Å²) in [4.78, 5) is 17.6. The minimum absolute atomic E-state index is 0.328. The molecule has 0 saturated carbocycles. The van der Waals surface area contributed by atoms with Crippen molar-refractivity contribution in [2.24, 2.45) is 0 Å². The topological polar surface area (TPSA) is 84.9 Å². The van der Waals surface area contributed by atoms with Crippen LogP contribution in [-0.4, -0.2) is 85.0 Å². The molecule has 1 aliphatic heterocycles. The van der Waals surface area contributed by atoms with Crippen LogP contribution >= 0.6 is 0 Å². The lowest BCUT2D eigenvalue weighted by molar-refractivity contribution is 0.183. The lowest BCUT2D eigenvalue weighted by atomic mass is 10.2. The first-order chi connectivity index (χ1) is 15.1. The summed E-state index contributed by atoms with van der Waals surface area (Å²) in [5, 5.41) is 3.38. The van der Waals surface area contributed by atoms with Crippen molar-refractivity contribution in [1.82, 2.24) is 25.2 Å². The van der Waals surface area contributed by atoms with Crippen molar-refractivity contribution >= 4 is 5.82 Å². The fourth-order valence-corrected chi connectivity index (χ4v) is 3.20. The van der Waals surface area contributed by atoms with Gasteiger partial charge in [-0.3, -0.25) is 0 Å². The summed E-state index contributed by atoms with van der Waals surface area (Å²) >= 11 is 0. The Bertz CT molecular complexity index is 806. The predicted molar refractivity (Wildman–Crippen MR) is 120 cm³/mol. The number of hydrogen-bond donors (Lipinski definition) is 1. The van der Waals surface area contributed by atoms with Crippen LogP contribution in [0.3, 0.4) is 0 Å². The van der Waals surface area contributed by atoms with E-state index in [2.05, 4.69) is 57.9 Å². The van der Waals surface area contributed by atoms with Crippen LogP contribution in [0.15, 0.2) is 30.7 Å². The third-order valence-electron chi connectivity index (χ3n) is 5.30. The summed E-state index contributed by atoms with van der Waals surface area (Å²) in [6, 6.07) is 4.48. The highest BCUT2D eigenvalue weighted by Crippen LogP contribution is 2.26. The molecule has 3 rings (SSSR count). The number of rotatable bonds is 11. The van der Waals surface area contributed by atoms with E-state index in [0.717, 1.165) is 32.0 Å². The average molecular weight is 431 g/mol. The summed E-state index contributed by atoms with van der Waals surface area (Å²) in [6.07, 6.45) is 5.04. The monoisotopic (exact) mass is 430 g/mol. The molecule has 1 saturated heterocycles. The van der Waals surface area contributed by atoms with Crippen molar-refractivity contribution < 1.29 is 14.2 Å². The molecule has 9 heteroatoms. The second-order valence-electron chi connectivity index (χ2n) is 7.86. The van der Waals surface area contributed by atoms with E-state index in [-0.39, 0.29) is 0 Å². The Kier molecular flexibility index (Phi) is 8.66. The van der Waals surface area contributed by atoms with Crippen LogP contribution in [0, 0.1) is 0 Å². The van der Waals surface area contributed by atoms with E-state index < -0.39 is 0 Å². The van der Waals surface area contributed by atoms with E-state index in [1.165, 1.54) is 0 Å². The summed E-state index contributed by atoms with van der Waals surface area (Å²) < 4.78 is 17.6. The zero-order chi connectivity index (χ0) is 22.1. The molecule has 2 aromatic heterocycles. The number of hydrogen-bond acceptors (Lipinski definition) is 9. The molecule has 0 amide bonds. The highest BCUT2D eigenvalue weighted by molar-refractivity contribution is 5.49. The van der Waals surface area contributed by atoms with E-state index in [0.29, 0.717) is 49.4 Å². The summed E-state index contributed by atoms with van der Waals surface area (Å²) in [5.74, 6) is 2.40. The molecule has 1 N–H and O–H groups in total. The fraction of sp³-hybridized carbons (Fsp3) is 0.591. The van der Waals surface area contributed by atoms with Crippen molar-refractivity contribution in [3.8, 4) is 17.5 Å². The predicted octanol–water partition coefficient (Wildman–Crippen LogP) is 1.85. The minimum atomic E-state index is 0.328. The molecule has 3 heterocycles. The number of nitrogens with zero attached hydrogens (tertiary/aromatic N) is 5. The molecular weight excluding hydrogens is 396 g/mol. The Balaban J connectivity index is 1.51. The van der Waals surface area contributed by atoms with Crippen LogP contribution in [0.2, 0.25) is 0 Å². The first kappa shape index (κ1) is 23.0. The number of piperazine rings is 1. The van der Waals surface area contributed by atoms with Crippen LogP contribution in [0.25, 0.3) is 0 Å². The maximum Gasteiger partial charge on any atom is 0.257 e. The zero-order valence-electron chi connectivity index (χ0n) is 19.0. The first-order valence-corrected chi connectivity index (χ1v) is 10.9. The fourth-order valence-electron chi connectivity index (χ4n) is 3.20. The normalized spacial score (nSPS) is 16.6. The second-order valence-corrected chi connectivity index (χ2v) is 7.86. The maximum absolute atomic E-state index is 5.91. The van der Waals surface area contributed by atoms with Gasteiger partial charge < -0.3 is 29.3 Å². The van der Waals surface area contributed by atoms with Crippen LogP contribution in [0.1, 0.15) is 20.8 Å². The second kappa shape index (κ2) is 11.7. The van der Waals surface area contributed by atoms with Gasteiger partial charge in [0.15, 0.2) is 11.6 Å². The Morgan fingerprint density at radius 1 is 1.06 bits per heavy atom. The average Bonchev–Trinajstić information content (AvgIpc) is 2.78. The van der Waals surface area contributed by atoms with Crippen LogP contribution in [-0.2, 0) is 0 Å².